The minimum Gasteiger partial charge on any atom is -0.204 e. The number of nitriles is 1. The Labute approximate surface area is 88.3 Å². The second-order valence-corrected chi connectivity index (χ2v) is 4.07. The lowest BCUT2D eigenvalue weighted by Crippen LogP contribution is -2.28. The molecule has 0 spiro atoms. The Kier molecular flexibility index (Phi) is 3.09. The van der Waals surface area contributed by atoms with Gasteiger partial charge in [0.2, 0.25) is 0 Å². The first-order chi connectivity index (χ1) is 6.93. The third-order valence-corrected chi connectivity index (χ3v) is 2.90. The van der Waals surface area contributed by atoms with Crippen LogP contribution in [0.5, 0.6) is 0 Å². The summed E-state index contributed by atoms with van der Waals surface area (Å²) in [7, 11) is 0. The summed E-state index contributed by atoms with van der Waals surface area (Å²) in [6.45, 7) is 5.25. The van der Waals surface area contributed by atoms with Crippen molar-refractivity contribution >= 4 is 0 Å². The van der Waals surface area contributed by atoms with E-state index in [1.165, 1.54) is 12.1 Å². The van der Waals surface area contributed by atoms with Crippen molar-refractivity contribution < 1.29 is 8.78 Å². The van der Waals surface area contributed by atoms with Crippen LogP contribution in [0.3, 0.4) is 0 Å². The molecule has 0 aliphatic heterocycles. The molecular formula is C12H13F2N. The average molecular weight is 209 g/mol. The molecule has 1 nitrogen and oxygen atoms in total. The minimum absolute atomic E-state index is 0.0844. The molecule has 0 bridgehead atoms. The molecule has 0 aliphatic rings. The quantitative estimate of drug-likeness (QED) is 0.732. The van der Waals surface area contributed by atoms with Crippen LogP contribution in [0, 0.1) is 28.9 Å². The van der Waals surface area contributed by atoms with Crippen molar-refractivity contribution in [3.8, 4) is 6.07 Å². The number of hydrogen-bond acceptors (Lipinski definition) is 1. The third kappa shape index (κ3) is 1.85. The van der Waals surface area contributed by atoms with Crippen LogP contribution < -0.4 is 0 Å². The van der Waals surface area contributed by atoms with Gasteiger partial charge in [-0.25, -0.2) is 8.78 Å². The predicted octanol–water partition coefficient (Wildman–Crippen LogP) is 3.40. The van der Waals surface area contributed by atoms with E-state index in [2.05, 4.69) is 6.07 Å². The molecule has 1 aromatic carbocycles. The Bertz CT molecular complexity index is 407. The van der Waals surface area contributed by atoms with E-state index < -0.39 is 17.0 Å². The Balaban J connectivity index is 3.39. The first-order valence-electron chi connectivity index (χ1n) is 4.79. The molecule has 0 radical (unpaired) electrons. The number of benzene rings is 1. The Morgan fingerprint density at radius 2 is 1.93 bits per heavy atom. The van der Waals surface area contributed by atoms with E-state index in [9.17, 15) is 8.78 Å². The second kappa shape index (κ2) is 3.98. The van der Waals surface area contributed by atoms with Gasteiger partial charge in [-0.1, -0.05) is 26.0 Å². The van der Waals surface area contributed by atoms with Gasteiger partial charge >= 0.3 is 0 Å². The number of nitrogens with zero attached hydrogens (tertiary/aromatic N) is 1. The lowest BCUT2D eigenvalue weighted by molar-refractivity contribution is 0.398. The zero-order valence-corrected chi connectivity index (χ0v) is 9.01. The molecule has 80 valence electrons. The summed E-state index contributed by atoms with van der Waals surface area (Å²) in [4.78, 5) is 0. The topological polar surface area (TPSA) is 23.8 Å². The summed E-state index contributed by atoms with van der Waals surface area (Å²) < 4.78 is 26.5. The fourth-order valence-corrected chi connectivity index (χ4v) is 1.41. The van der Waals surface area contributed by atoms with Crippen LogP contribution >= 0.6 is 0 Å². The number of hydrogen-bond donors (Lipinski definition) is 0. The fourth-order valence-electron chi connectivity index (χ4n) is 1.41. The summed E-state index contributed by atoms with van der Waals surface area (Å²) in [6, 6.07) is 5.99. The van der Waals surface area contributed by atoms with Gasteiger partial charge in [-0.2, -0.15) is 5.26 Å². The molecule has 0 heterocycles. The third-order valence-electron chi connectivity index (χ3n) is 2.90. The maximum Gasteiger partial charge on any atom is 0.163 e. The van der Waals surface area contributed by atoms with Crippen LogP contribution in [0.15, 0.2) is 18.2 Å². The molecule has 1 rings (SSSR count). The van der Waals surface area contributed by atoms with Gasteiger partial charge in [0, 0.05) is 5.56 Å². The van der Waals surface area contributed by atoms with E-state index in [4.69, 9.17) is 5.26 Å². The average Bonchev–Trinajstić information content (AvgIpc) is 2.20. The zero-order valence-electron chi connectivity index (χ0n) is 9.01. The van der Waals surface area contributed by atoms with Crippen molar-refractivity contribution in [1.29, 1.82) is 5.26 Å². The molecule has 0 saturated heterocycles. The molecule has 3 heteroatoms. The van der Waals surface area contributed by atoms with Gasteiger partial charge in [0.25, 0.3) is 0 Å². The largest absolute Gasteiger partial charge is 0.204 e. The van der Waals surface area contributed by atoms with Crippen LogP contribution in [-0.4, -0.2) is 0 Å². The van der Waals surface area contributed by atoms with Crippen molar-refractivity contribution in [3.05, 3.63) is 35.4 Å². The van der Waals surface area contributed by atoms with E-state index in [-0.39, 0.29) is 11.5 Å². The van der Waals surface area contributed by atoms with E-state index in [1.807, 2.05) is 13.8 Å². The van der Waals surface area contributed by atoms with Gasteiger partial charge in [-0.3, -0.25) is 0 Å². The molecule has 0 saturated carbocycles. The van der Waals surface area contributed by atoms with Crippen LogP contribution in [0.1, 0.15) is 26.3 Å². The van der Waals surface area contributed by atoms with Gasteiger partial charge in [0.1, 0.15) is 0 Å². The highest BCUT2D eigenvalue weighted by Crippen LogP contribution is 2.33. The van der Waals surface area contributed by atoms with Crippen LogP contribution in [0.4, 0.5) is 8.78 Å². The van der Waals surface area contributed by atoms with Gasteiger partial charge in [0.05, 0.1) is 11.5 Å². The van der Waals surface area contributed by atoms with Crippen molar-refractivity contribution in [2.24, 2.45) is 5.92 Å². The number of rotatable bonds is 2. The highest BCUT2D eigenvalue weighted by molar-refractivity contribution is 5.33. The van der Waals surface area contributed by atoms with Crippen molar-refractivity contribution in [1.82, 2.24) is 0 Å². The maximum atomic E-state index is 13.5. The molecule has 0 N–H and O–H groups in total. The maximum absolute atomic E-state index is 13.5. The minimum atomic E-state index is -0.994. The molecule has 0 aliphatic carbocycles. The smallest absolute Gasteiger partial charge is 0.163 e. The summed E-state index contributed by atoms with van der Waals surface area (Å²) in [6.07, 6.45) is 0. The molecule has 0 aromatic heterocycles. The number of halogens is 2. The fraction of sp³-hybridized carbons (Fsp3) is 0.417. The monoisotopic (exact) mass is 209 g/mol. The summed E-state index contributed by atoms with van der Waals surface area (Å²) in [5.74, 6) is -1.91. The highest BCUT2D eigenvalue weighted by atomic mass is 19.2. The summed E-state index contributed by atoms with van der Waals surface area (Å²) in [5, 5.41) is 9.09. The van der Waals surface area contributed by atoms with Crippen molar-refractivity contribution in [2.75, 3.05) is 0 Å². The standard InChI is InChI=1S/C12H13F2N/c1-8(2)12(3,7-15)9-5-4-6-10(13)11(9)14/h4-6,8H,1-3H3. The summed E-state index contributed by atoms with van der Waals surface area (Å²) in [5.41, 5.74) is -0.869. The molecule has 1 atom stereocenters. The first-order valence-corrected chi connectivity index (χ1v) is 4.79. The van der Waals surface area contributed by atoms with Crippen molar-refractivity contribution in [2.45, 2.75) is 26.2 Å². The Hall–Kier alpha value is -1.43. The zero-order chi connectivity index (χ0) is 11.6. The van der Waals surface area contributed by atoms with Gasteiger partial charge in [0.15, 0.2) is 11.6 Å². The first kappa shape index (κ1) is 11.6. The Morgan fingerprint density at radius 3 is 2.40 bits per heavy atom. The van der Waals surface area contributed by atoms with Crippen molar-refractivity contribution in [3.63, 3.8) is 0 Å². The molecule has 1 aromatic rings. The second-order valence-electron chi connectivity index (χ2n) is 4.07. The van der Waals surface area contributed by atoms with E-state index in [0.717, 1.165) is 6.07 Å². The van der Waals surface area contributed by atoms with Gasteiger partial charge in [-0.15, -0.1) is 0 Å². The molecule has 15 heavy (non-hydrogen) atoms. The van der Waals surface area contributed by atoms with Gasteiger partial charge < -0.3 is 0 Å². The van der Waals surface area contributed by atoms with Crippen LogP contribution in [0.2, 0.25) is 0 Å². The van der Waals surface area contributed by atoms with E-state index in [1.54, 1.807) is 6.92 Å². The Morgan fingerprint density at radius 1 is 1.33 bits per heavy atom. The molecule has 1 unspecified atom stereocenters. The van der Waals surface area contributed by atoms with Crippen LogP contribution in [0.25, 0.3) is 0 Å². The van der Waals surface area contributed by atoms with Gasteiger partial charge in [-0.05, 0) is 18.9 Å². The predicted molar refractivity (Wildman–Crippen MR) is 54.2 cm³/mol. The SMILES string of the molecule is CC(C)C(C)(C#N)c1cccc(F)c1F. The van der Waals surface area contributed by atoms with E-state index >= 15 is 0 Å². The molecule has 0 amide bonds. The highest BCUT2D eigenvalue weighted by Gasteiger charge is 2.33. The van der Waals surface area contributed by atoms with E-state index in [0.29, 0.717) is 0 Å². The molecular weight excluding hydrogens is 196 g/mol. The van der Waals surface area contributed by atoms with Crippen LogP contribution in [-0.2, 0) is 5.41 Å². The summed E-state index contributed by atoms with van der Waals surface area (Å²) >= 11 is 0. The normalized spacial score (nSPS) is 14.7. The lowest BCUT2D eigenvalue weighted by atomic mass is 9.74. The lowest BCUT2D eigenvalue weighted by Gasteiger charge is -2.26. The molecule has 0 fully saturated rings.